The van der Waals surface area contributed by atoms with Gasteiger partial charge in [-0.1, -0.05) is 19.9 Å². The summed E-state index contributed by atoms with van der Waals surface area (Å²) >= 11 is 1.70. The van der Waals surface area contributed by atoms with Gasteiger partial charge in [-0.15, -0.1) is 11.3 Å². The van der Waals surface area contributed by atoms with E-state index in [2.05, 4.69) is 35.6 Å². The molecule has 21 heavy (non-hydrogen) atoms. The molecule has 0 radical (unpaired) electrons. The van der Waals surface area contributed by atoms with E-state index >= 15 is 0 Å². The van der Waals surface area contributed by atoms with Crippen molar-refractivity contribution in [2.75, 3.05) is 14.2 Å². The number of thiazole rings is 1. The maximum Gasteiger partial charge on any atom is 0.160 e. The molecule has 114 valence electrons. The van der Waals surface area contributed by atoms with E-state index in [1.807, 2.05) is 12.1 Å². The fourth-order valence-corrected chi connectivity index (χ4v) is 2.81. The molecule has 0 saturated heterocycles. The second-order valence-corrected chi connectivity index (χ2v) is 6.08. The monoisotopic (exact) mass is 306 g/mol. The van der Waals surface area contributed by atoms with Gasteiger partial charge in [0.1, 0.15) is 0 Å². The highest BCUT2D eigenvalue weighted by atomic mass is 32.1. The number of nitrogens with zero attached hydrogens (tertiary/aromatic N) is 1. The van der Waals surface area contributed by atoms with Gasteiger partial charge >= 0.3 is 0 Å². The van der Waals surface area contributed by atoms with Crippen LogP contribution in [0.25, 0.3) is 0 Å². The first-order valence-electron chi connectivity index (χ1n) is 7.00. The third-order valence-electron chi connectivity index (χ3n) is 3.09. The Morgan fingerprint density at radius 1 is 1.19 bits per heavy atom. The quantitative estimate of drug-likeness (QED) is 0.853. The minimum atomic E-state index is 0.473. The fraction of sp³-hybridized carbons (Fsp3) is 0.438. The highest BCUT2D eigenvalue weighted by Gasteiger charge is 2.08. The Bertz CT molecular complexity index is 581. The van der Waals surface area contributed by atoms with Crippen LogP contribution in [0.3, 0.4) is 0 Å². The van der Waals surface area contributed by atoms with Crippen LogP contribution in [0.4, 0.5) is 0 Å². The maximum atomic E-state index is 5.33. The van der Waals surface area contributed by atoms with Gasteiger partial charge in [-0.2, -0.15) is 0 Å². The molecule has 4 nitrogen and oxygen atoms in total. The predicted molar refractivity (Wildman–Crippen MR) is 86.4 cm³/mol. The third kappa shape index (κ3) is 4.44. The Kier molecular flexibility index (Phi) is 5.59. The summed E-state index contributed by atoms with van der Waals surface area (Å²) in [5, 5.41) is 6.61. The average molecular weight is 306 g/mol. The summed E-state index contributed by atoms with van der Waals surface area (Å²) in [4.78, 5) is 4.66. The topological polar surface area (TPSA) is 43.4 Å². The number of methoxy groups -OCH3 is 2. The molecule has 0 fully saturated rings. The molecule has 0 spiro atoms. The van der Waals surface area contributed by atoms with E-state index in [1.54, 1.807) is 25.6 Å². The number of nitrogens with one attached hydrogen (secondary N) is 1. The number of hydrogen-bond acceptors (Lipinski definition) is 5. The van der Waals surface area contributed by atoms with E-state index in [9.17, 15) is 0 Å². The Hall–Kier alpha value is -1.59. The van der Waals surface area contributed by atoms with Crippen LogP contribution in [0, 0.1) is 0 Å². The molecule has 0 aliphatic carbocycles. The maximum absolute atomic E-state index is 5.33. The molecule has 2 aromatic rings. The summed E-state index contributed by atoms with van der Waals surface area (Å²) in [7, 11) is 3.30. The van der Waals surface area contributed by atoms with Crippen LogP contribution >= 0.6 is 11.3 Å². The van der Waals surface area contributed by atoms with Gasteiger partial charge in [-0.3, -0.25) is 0 Å². The molecule has 0 atom stereocenters. The number of ether oxygens (including phenoxy) is 2. The van der Waals surface area contributed by atoms with Gasteiger partial charge in [0.15, 0.2) is 11.5 Å². The lowest BCUT2D eigenvalue weighted by Crippen LogP contribution is -2.21. The van der Waals surface area contributed by atoms with Crippen molar-refractivity contribution < 1.29 is 9.47 Å². The molecule has 0 aliphatic rings. The van der Waals surface area contributed by atoms with Crippen LogP contribution < -0.4 is 14.8 Å². The van der Waals surface area contributed by atoms with Crippen LogP contribution in [0.15, 0.2) is 23.6 Å². The molecule has 1 aromatic carbocycles. The molecule has 0 amide bonds. The number of benzene rings is 1. The van der Waals surface area contributed by atoms with Crippen LogP contribution in [0.2, 0.25) is 0 Å². The summed E-state index contributed by atoms with van der Waals surface area (Å²) in [5.41, 5.74) is 2.27. The summed E-state index contributed by atoms with van der Waals surface area (Å²) in [6.45, 7) is 5.09. The van der Waals surface area contributed by atoms with E-state index in [0.29, 0.717) is 6.04 Å². The second kappa shape index (κ2) is 7.43. The van der Waals surface area contributed by atoms with Crippen molar-refractivity contribution in [2.24, 2.45) is 0 Å². The molecular formula is C16H22N2O2S. The van der Waals surface area contributed by atoms with Crippen molar-refractivity contribution in [1.29, 1.82) is 0 Å². The molecule has 1 aromatic heterocycles. The summed E-state index contributed by atoms with van der Waals surface area (Å²) in [6.07, 6.45) is 0.812. The first-order chi connectivity index (χ1) is 10.1. The van der Waals surface area contributed by atoms with Crippen LogP contribution in [-0.2, 0) is 13.0 Å². The Labute approximate surface area is 130 Å². The minimum absolute atomic E-state index is 0.473. The SMILES string of the molecule is COc1ccc(Cc2nc(CNC(C)C)cs2)cc1OC. The summed E-state index contributed by atoms with van der Waals surface area (Å²) in [5.74, 6) is 1.51. The Balaban J connectivity index is 2.04. The average Bonchev–Trinajstić information content (AvgIpc) is 2.92. The van der Waals surface area contributed by atoms with E-state index in [-0.39, 0.29) is 0 Å². The first kappa shape index (κ1) is 15.8. The lowest BCUT2D eigenvalue weighted by Gasteiger charge is -2.08. The summed E-state index contributed by atoms with van der Waals surface area (Å²) in [6, 6.07) is 6.46. The molecule has 1 heterocycles. The van der Waals surface area contributed by atoms with E-state index in [1.165, 1.54) is 5.56 Å². The molecular weight excluding hydrogens is 284 g/mol. The van der Waals surface area contributed by atoms with Gasteiger partial charge < -0.3 is 14.8 Å². The first-order valence-corrected chi connectivity index (χ1v) is 7.88. The molecule has 0 aliphatic heterocycles. The number of hydrogen-bond donors (Lipinski definition) is 1. The Morgan fingerprint density at radius 3 is 2.62 bits per heavy atom. The number of aromatic nitrogens is 1. The van der Waals surface area contributed by atoms with Crippen LogP contribution in [0.1, 0.15) is 30.1 Å². The van der Waals surface area contributed by atoms with Gasteiger partial charge in [-0.25, -0.2) is 4.98 Å². The lowest BCUT2D eigenvalue weighted by atomic mass is 10.1. The van der Waals surface area contributed by atoms with E-state index in [4.69, 9.17) is 9.47 Å². The van der Waals surface area contributed by atoms with Crippen molar-refractivity contribution in [1.82, 2.24) is 10.3 Å². The Morgan fingerprint density at radius 2 is 1.95 bits per heavy atom. The second-order valence-electron chi connectivity index (χ2n) is 5.13. The van der Waals surface area contributed by atoms with Gasteiger partial charge in [0.25, 0.3) is 0 Å². The van der Waals surface area contributed by atoms with Gasteiger partial charge in [0.05, 0.1) is 24.9 Å². The molecule has 2 rings (SSSR count). The fourth-order valence-electron chi connectivity index (χ4n) is 1.99. The van der Waals surface area contributed by atoms with Gasteiger partial charge in [0.2, 0.25) is 0 Å². The molecule has 5 heteroatoms. The number of rotatable bonds is 7. The van der Waals surface area contributed by atoms with Crippen LogP contribution in [-0.4, -0.2) is 25.2 Å². The molecule has 0 bridgehead atoms. The van der Waals surface area contributed by atoms with E-state index < -0.39 is 0 Å². The predicted octanol–water partition coefficient (Wildman–Crippen LogP) is 3.25. The standard InChI is InChI=1S/C16H22N2O2S/c1-11(2)17-9-13-10-21-16(18-13)8-12-5-6-14(19-3)15(7-12)20-4/h5-7,10-11,17H,8-9H2,1-4H3. The van der Waals surface area contributed by atoms with E-state index in [0.717, 1.165) is 35.2 Å². The highest BCUT2D eigenvalue weighted by Crippen LogP contribution is 2.28. The highest BCUT2D eigenvalue weighted by molar-refractivity contribution is 7.09. The minimum Gasteiger partial charge on any atom is -0.493 e. The molecule has 0 saturated carbocycles. The van der Waals surface area contributed by atoms with Crippen molar-refractivity contribution in [3.63, 3.8) is 0 Å². The largest absolute Gasteiger partial charge is 0.493 e. The van der Waals surface area contributed by atoms with Gasteiger partial charge in [0, 0.05) is 24.4 Å². The van der Waals surface area contributed by atoms with Crippen molar-refractivity contribution in [3.8, 4) is 11.5 Å². The van der Waals surface area contributed by atoms with Crippen molar-refractivity contribution >= 4 is 11.3 Å². The van der Waals surface area contributed by atoms with Gasteiger partial charge in [-0.05, 0) is 17.7 Å². The smallest absolute Gasteiger partial charge is 0.160 e. The molecule has 1 N–H and O–H groups in total. The zero-order chi connectivity index (χ0) is 15.2. The normalized spacial score (nSPS) is 10.9. The zero-order valence-electron chi connectivity index (χ0n) is 13.0. The van der Waals surface area contributed by atoms with Crippen molar-refractivity contribution in [3.05, 3.63) is 39.8 Å². The van der Waals surface area contributed by atoms with Crippen molar-refractivity contribution in [2.45, 2.75) is 32.9 Å². The summed E-state index contributed by atoms with van der Waals surface area (Å²) < 4.78 is 10.6. The third-order valence-corrected chi connectivity index (χ3v) is 3.99. The lowest BCUT2D eigenvalue weighted by molar-refractivity contribution is 0.354. The van der Waals surface area contributed by atoms with Crippen LogP contribution in [0.5, 0.6) is 11.5 Å². The zero-order valence-corrected chi connectivity index (χ0v) is 13.8. The molecule has 0 unspecified atom stereocenters.